The Morgan fingerprint density at radius 2 is 1.95 bits per heavy atom. The second kappa shape index (κ2) is 6.86. The largest absolute Gasteiger partial charge is 0.344 e. The number of benzene rings is 1. The third-order valence-corrected chi connectivity index (χ3v) is 3.62. The van der Waals surface area contributed by atoms with E-state index in [0.29, 0.717) is 12.2 Å². The lowest BCUT2D eigenvalue weighted by molar-refractivity contribution is -0.136. The number of amides is 2. The highest BCUT2D eigenvalue weighted by Gasteiger charge is 2.14. The number of aryl methyl sites for hydroxylation is 1. The van der Waals surface area contributed by atoms with Crippen molar-refractivity contribution in [2.45, 2.75) is 19.9 Å². The number of hydrogen-bond acceptors (Lipinski definition) is 3. The Bertz CT molecular complexity index is 594. The van der Waals surface area contributed by atoms with Crippen molar-refractivity contribution < 1.29 is 9.59 Å². The van der Waals surface area contributed by atoms with Crippen LogP contribution in [-0.4, -0.2) is 11.8 Å². The van der Waals surface area contributed by atoms with Crippen LogP contribution in [0.3, 0.4) is 0 Å². The van der Waals surface area contributed by atoms with Crippen molar-refractivity contribution in [2.75, 3.05) is 5.32 Å². The van der Waals surface area contributed by atoms with E-state index in [2.05, 4.69) is 10.6 Å². The van der Waals surface area contributed by atoms with Gasteiger partial charge < -0.3 is 10.6 Å². The maximum Gasteiger partial charge on any atom is 0.313 e. The summed E-state index contributed by atoms with van der Waals surface area (Å²) in [5.41, 5.74) is 2.68. The number of carbonyl (C=O) groups is 2. The molecule has 0 saturated heterocycles. The lowest BCUT2D eigenvalue weighted by Crippen LogP contribution is -2.35. The Labute approximate surface area is 121 Å². The third-order valence-electron chi connectivity index (χ3n) is 2.89. The maximum absolute atomic E-state index is 11.8. The van der Waals surface area contributed by atoms with E-state index in [1.165, 1.54) is 0 Å². The topological polar surface area (TPSA) is 58.2 Å². The van der Waals surface area contributed by atoms with E-state index in [0.717, 1.165) is 17.5 Å². The van der Waals surface area contributed by atoms with E-state index in [1.807, 2.05) is 41.9 Å². The molecule has 0 aliphatic carbocycles. The lowest BCUT2D eigenvalue weighted by Gasteiger charge is -2.09. The molecule has 0 aliphatic rings. The van der Waals surface area contributed by atoms with Crippen LogP contribution in [0.2, 0.25) is 0 Å². The molecule has 1 heterocycles. The summed E-state index contributed by atoms with van der Waals surface area (Å²) >= 11 is 1.56. The zero-order chi connectivity index (χ0) is 14.4. The molecular formula is C15H16N2O2S. The van der Waals surface area contributed by atoms with Crippen LogP contribution >= 0.6 is 11.3 Å². The zero-order valence-corrected chi connectivity index (χ0v) is 12.0. The number of nitrogens with one attached hydrogen (secondary N) is 2. The van der Waals surface area contributed by atoms with Crippen molar-refractivity contribution in [3.63, 3.8) is 0 Å². The molecule has 0 unspecified atom stereocenters. The van der Waals surface area contributed by atoms with Gasteiger partial charge >= 0.3 is 11.8 Å². The minimum absolute atomic E-state index is 0.366. The first-order valence-electron chi connectivity index (χ1n) is 6.39. The highest BCUT2D eigenvalue weighted by atomic mass is 32.1. The summed E-state index contributed by atoms with van der Waals surface area (Å²) in [6.45, 7) is 2.37. The SMILES string of the molecule is CCc1ccccc1NC(=O)C(=O)NCc1ccsc1. The fraction of sp³-hybridized carbons (Fsp3) is 0.200. The molecule has 2 rings (SSSR count). The number of thiophene rings is 1. The van der Waals surface area contributed by atoms with Gasteiger partial charge in [0.05, 0.1) is 0 Å². The van der Waals surface area contributed by atoms with Crippen LogP contribution in [0.15, 0.2) is 41.1 Å². The minimum Gasteiger partial charge on any atom is -0.344 e. The third kappa shape index (κ3) is 3.68. The van der Waals surface area contributed by atoms with E-state index in [-0.39, 0.29) is 0 Å². The van der Waals surface area contributed by atoms with Crippen LogP contribution in [0.5, 0.6) is 0 Å². The summed E-state index contributed by atoms with van der Waals surface area (Å²) in [7, 11) is 0. The highest BCUT2D eigenvalue weighted by Crippen LogP contribution is 2.15. The van der Waals surface area contributed by atoms with E-state index < -0.39 is 11.8 Å². The predicted molar refractivity (Wildman–Crippen MR) is 80.6 cm³/mol. The van der Waals surface area contributed by atoms with Crippen LogP contribution in [0, 0.1) is 0 Å². The van der Waals surface area contributed by atoms with Gasteiger partial charge in [-0.2, -0.15) is 11.3 Å². The van der Waals surface area contributed by atoms with Crippen molar-refractivity contribution in [1.29, 1.82) is 0 Å². The first-order chi connectivity index (χ1) is 9.70. The summed E-state index contributed by atoms with van der Waals surface area (Å²) < 4.78 is 0. The van der Waals surface area contributed by atoms with E-state index in [1.54, 1.807) is 17.4 Å². The minimum atomic E-state index is -0.638. The van der Waals surface area contributed by atoms with Gasteiger partial charge in [-0.1, -0.05) is 25.1 Å². The molecule has 1 aromatic carbocycles. The molecule has 5 heteroatoms. The van der Waals surface area contributed by atoms with Crippen molar-refractivity contribution in [2.24, 2.45) is 0 Å². The first kappa shape index (κ1) is 14.3. The molecule has 20 heavy (non-hydrogen) atoms. The van der Waals surface area contributed by atoms with Crippen LogP contribution in [0.4, 0.5) is 5.69 Å². The smallest absolute Gasteiger partial charge is 0.313 e. The van der Waals surface area contributed by atoms with Gasteiger partial charge in [0.15, 0.2) is 0 Å². The molecule has 2 aromatic rings. The van der Waals surface area contributed by atoms with Crippen LogP contribution < -0.4 is 10.6 Å². The van der Waals surface area contributed by atoms with Crippen LogP contribution in [0.25, 0.3) is 0 Å². The quantitative estimate of drug-likeness (QED) is 0.850. The Hall–Kier alpha value is -2.14. The summed E-state index contributed by atoms with van der Waals surface area (Å²) in [5.74, 6) is -1.26. The summed E-state index contributed by atoms with van der Waals surface area (Å²) in [6, 6.07) is 9.38. The fourth-order valence-corrected chi connectivity index (χ4v) is 2.45. The Kier molecular flexibility index (Phi) is 4.90. The van der Waals surface area contributed by atoms with Gasteiger partial charge in [0.1, 0.15) is 0 Å². The molecule has 0 bridgehead atoms. The predicted octanol–water partition coefficient (Wildman–Crippen LogP) is 2.57. The van der Waals surface area contributed by atoms with Crippen LogP contribution in [-0.2, 0) is 22.6 Å². The maximum atomic E-state index is 11.8. The van der Waals surface area contributed by atoms with Crippen molar-refractivity contribution in [3.05, 3.63) is 52.2 Å². The van der Waals surface area contributed by atoms with Gasteiger partial charge in [-0.05, 0) is 40.4 Å². The van der Waals surface area contributed by atoms with Gasteiger partial charge in [-0.15, -0.1) is 0 Å². The monoisotopic (exact) mass is 288 g/mol. The molecule has 1 aromatic heterocycles. The summed E-state index contributed by atoms with van der Waals surface area (Å²) in [6.07, 6.45) is 0.799. The molecule has 0 spiro atoms. The number of rotatable bonds is 4. The Balaban J connectivity index is 1.92. The molecule has 104 valence electrons. The number of hydrogen-bond donors (Lipinski definition) is 2. The van der Waals surface area contributed by atoms with Gasteiger partial charge in [0, 0.05) is 12.2 Å². The average molecular weight is 288 g/mol. The fourth-order valence-electron chi connectivity index (χ4n) is 1.79. The molecule has 2 N–H and O–H groups in total. The van der Waals surface area contributed by atoms with E-state index in [4.69, 9.17) is 0 Å². The summed E-state index contributed by atoms with van der Waals surface area (Å²) in [4.78, 5) is 23.5. The average Bonchev–Trinajstić information content (AvgIpc) is 2.98. The van der Waals surface area contributed by atoms with Crippen molar-refractivity contribution >= 4 is 28.8 Å². The second-order valence-electron chi connectivity index (χ2n) is 4.28. The molecule has 0 aliphatic heterocycles. The zero-order valence-electron chi connectivity index (χ0n) is 11.2. The molecule has 0 saturated carbocycles. The van der Waals surface area contributed by atoms with Crippen molar-refractivity contribution in [3.8, 4) is 0 Å². The normalized spacial score (nSPS) is 10.1. The van der Waals surface area contributed by atoms with Crippen LogP contribution in [0.1, 0.15) is 18.1 Å². The van der Waals surface area contributed by atoms with Gasteiger partial charge in [0.25, 0.3) is 0 Å². The molecule has 0 atom stereocenters. The second-order valence-corrected chi connectivity index (χ2v) is 5.06. The number of para-hydroxylation sites is 1. The van der Waals surface area contributed by atoms with E-state index in [9.17, 15) is 9.59 Å². The van der Waals surface area contributed by atoms with Crippen molar-refractivity contribution in [1.82, 2.24) is 5.32 Å². The van der Waals surface area contributed by atoms with Gasteiger partial charge in [-0.25, -0.2) is 0 Å². The van der Waals surface area contributed by atoms with Gasteiger partial charge in [-0.3, -0.25) is 9.59 Å². The Morgan fingerprint density at radius 3 is 2.65 bits per heavy atom. The first-order valence-corrected chi connectivity index (χ1v) is 7.33. The lowest BCUT2D eigenvalue weighted by atomic mass is 10.1. The Morgan fingerprint density at radius 1 is 1.15 bits per heavy atom. The number of carbonyl (C=O) groups excluding carboxylic acids is 2. The standard InChI is InChI=1S/C15H16N2O2S/c1-2-12-5-3-4-6-13(12)17-15(19)14(18)16-9-11-7-8-20-10-11/h3-8,10H,2,9H2,1H3,(H,16,18)(H,17,19). The molecule has 0 radical (unpaired) electrons. The molecular weight excluding hydrogens is 272 g/mol. The van der Waals surface area contributed by atoms with E-state index >= 15 is 0 Å². The number of anilines is 1. The van der Waals surface area contributed by atoms with Gasteiger partial charge in [0.2, 0.25) is 0 Å². The molecule has 2 amide bonds. The molecule has 0 fully saturated rings. The highest BCUT2D eigenvalue weighted by molar-refractivity contribution is 7.07. The summed E-state index contributed by atoms with van der Waals surface area (Å²) in [5, 5.41) is 9.11. The molecule has 4 nitrogen and oxygen atoms in total.